The first-order chi connectivity index (χ1) is 9.10. The van der Waals surface area contributed by atoms with Gasteiger partial charge in [0.25, 0.3) is 5.56 Å². The number of benzene rings is 1. The Morgan fingerprint density at radius 1 is 1.37 bits per heavy atom. The topological polar surface area (TPSA) is 78.0 Å². The lowest BCUT2D eigenvalue weighted by atomic mass is 10.2. The van der Waals surface area contributed by atoms with Crippen LogP contribution in [0.4, 0.5) is 16.0 Å². The lowest BCUT2D eigenvalue weighted by Crippen LogP contribution is -2.19. The molecule has 100 valence electrons. The summed E-state index contributed by atoms with van der Waals surface area (Å²) in [5, 5.41) is 11.8. The van der Waals surface area contributed by atoms with E-state index in [0.29, 0.717) is 16.9 Å². The molecule has 2 aromatic rings. The molecule has 0 aliphatic heterocycles. The number of anilines is 2. The Balaban J connectivity index is 2.27. The molecule has 0 aliphatic rings. The van der Waals surface area contributed by atoms with E-state index < -0.39 is 0 Å². The molecule has 0 atom stereocenters. The number of aromatic nitrogens is 2. The molecule has 5 nitrogen and oxygen atoms in total. The number of aliphatic hydroxyl groups excluding tert-OH is 1. The van der Waals surface area contributed by atoms with Crippen LogP contribution in [0.1, 0.15) is 11.3 Å². The van der Waals surface area contributed by atoms with Gasteiger partial charge in [0.2, 0.25) is 5.95 Å². The van der Waals surface area contributed by atoms with Gasteiger partial charge in [0.1, 0.15) is 5.82 Å². The van der Waals surface area contributed by atoms with E-state index in [1.54, 1.807) is 19.1 Å². The van der Waals surface area contributed by atoms with E-state index in [1.807, 2.05) is 0 Å². The zero-order valence-electron chi connectivity index (χ0n) is 10.4. The van der Waals surface area contributed by atoms with Gasteiger partial charge in [0.15, 0.2) is 0 Å². The van der Waals surface area contributed by atoms with Crippen molar-refractivity contribution in [2.75, 3.05) is 11.9 Å². The van der Waals surface area contributed by atoms with Crippen molar-refractivity contribution >= 4 is 11.6 Å². The number of halogens is 1. The van der Waals surface area contributed by atoms with Crippen molar-refractivity contribution in [2.45, 2.75) is 13.3 Å². The summed E-state index contributed by atoms with van der Waals surface area (Å²) in [5.74, 6) is -0.0442. The number of nitrogens with zero attached hydrogens (tertiary/aromatic N) is 1. The number of rotatable bonds is 4. The molecule has 6 heteroatoms. The second-order valence-electron chi connectivity index (χ2n) is 4.08. The van der Waals surface area contributed by atoms with E-state index in [9.17, 15) is 9.18 Å². The predicted octanol–water partition coefficient (Wildman–Crippen LogP) is 1.50. The van der Waals surface area contributed by atoms with Crippen molar-refractivity contribution in [3.63, 3.8) is 0 Å². The molecule has 0 radical (unpaired) electrons. The van der Waals surface area contributed by atoms with Gasteiger partial charge in [-0.2, -0.15) is 0 Å². The zero-order valence-corrected chi connectivity index (χ0v) is 10.4. The van der Waals surface area contributed by atoms with Gasteiger partial charge >= 0.3 is 0 Å². The number of aromatic amines is 1. The normalized spacial score (nSPS) is 10.5. The lowest BCUT2D eigenvalue weighted by Gasteiger charge is -2.08. The Morgan fingerprint density at radius 3 is 2.63 bits per heavy atom. The van der Waals surface area contributed by atoms with Crippen LogP contribution in [-0.2, 0) is 6.42 Å². The second-order valence-corrected chi connectivity index (χ2v) is 4.08. The van der Waals surface area contributed by atoms with Crippen molar-refractivity contribution < 1.29 is 9.50 Å². The molecule has 1 heterocycles. The van der Waals surface area contributed by atoms with E-state index in [0.717, 1.165) is 0 Å². The summed E-state index contributed by atoms with van der Waals surface area (Å²) >= 11 is 0. The monoisotopic (exact) mass is 263 g/mol. The van der Waals surface area contributed by atoms with Gasteiger partial charge < -0.3 is 10.4 Å². The number of nitrogens with one attached hydrogen (secondary N) is 2. The van der Waals surface area contributed by atoms with Crippen LogP contribution in [0.3, 0.4) is 0 Å². The minimum Gasteiger partial charge on any atom is -0.396 e. The number of aryl methyl sites for hydroxylation is 1. The summed E-state index contributed by atoms with van der Waals surface area (Å²) in [5.41, 5.74) is 1.36. The molecular weight excluding hydrogens is 249 g/mol. The van der Waals surface area contributed by atoms with Gasteiger partial charge in [-0.3, -0.25) is 9.78 Å². The Bertz CT molecular complexity index is 623. The second kappa shape index (κ2) is 5.62. The molecule has 3 N–H and O–H groups in total. The third-order valence-electron chi connectivity index (χ3n) is 2.69. The lowest BCUT2D eigenvalue weighted by molar-refractivity contribution is 0.298. The fraction of sp³-hybridized carbons (Fsp3) is 0.231. The van der Waals surface area contributed by atoms with E-state index in [2.05, 4.69) is 15.3 Å². The van der Waals surface area contributed by atoms with Crippen LogP contribution in [0.25, 0.3) is 0 Å². The first-order valence-electron chi connectivity index (χ1n) is 5.83. The molecule has 0 unspecified atom stereocenters. The minimum absolute atomic E-state index is 0.101. The minimum atomic E-state index is -0.332. The Morgan fingerprint density at radius 2 is 2.05 bits per heavy atom. The van der Waals surface area contributed by atoms with Crippen molar-refractivity contribution in [2.24, 2.45) is 0 Å². The molecule has 1 aromatic heterocycles. The standard InChI is InChI=1S/C13H14FN3O2/c1-8-11(6-7-18)12(19)17-13(15-8)16-10-4-2-9(14)3-5-10/h2-5,18H,6-7H2,1H3,(H2,15,16,17,19). The van der Waals surface area contributed by atoms with Gasteiger partial charge in [-0.1, -0.05) is 0 Å². The summed E-state index contributed by atoms with van der Waals surface area (Å²) in [6.07, 6.45) is 0.269. The maximum atomic E-state index is 12.8. The molecule has 0 spiro atoms. The largest absolute Gasteiger partial charge is 0.396 e. The fourth-order valence-corrected chi connectivity index (χ4v) is 1.75. The smallest absolute Gasteiger partial charge is 0.255 e. The van der Waals surface area contributed by atoms with Crippen molar-refractivity contribution in [3.8, 4) is 0 Å². The van der Waals surface area contributed by atoms with Gasteiger partial charge in [-0.05, 0) is 31.2 Å². The molecule has 0 saturated carbocycles. The highest BCUT2D eigenvalue weighted by molar-refractivity contribution is 5.52. The first kappa shape index (κ1) is 13.2. The van der Waals surface area contributed by atoms with E-state index in [-0.39, 0.29) is 30.4 Å². The SMILES string of the molecule is Cc1nc(Nc2ccc(F)cc2)[nH]c(=O)c1CCO. The predicted molar refractivity (Wildman–Crippen MR) is 70.1 cm³/mol. The van der Waals surface area contributed by atoms with Crippen molar-refractivity contribution in [1.29, 1.82) is 0 Å². The van der Waals surface area contributed by atoms with Crippen LogP contribution in [0, 0.1) is 12.7 Å². The van der Waals surface area contributed by atoms with Gasteiger partial charge in [-0.15, -0.1) is 0 Å². The quantitative estimate of drug-likeness (QED) is 0.781. The summed E-state index contributed by atoms with van der Waals surface area (Å²) in [6, 6.07) is 5.72. The number of hydrogen-bond acceptors (Lipinski definition) is 4. The molecular formula is C13H14FN3O2. The average Bonchev–Trinajstić information content (AvgIpc) is 2.37. The van der Waals surface area contributed by atoms with Gasteiger partial charge in [-0.25, -0.2) is 9.37 Å². The van der Waals surface area contributed by atoms with Gasteiger partial charge in [0, 0.05) is 24.3 Å². The molecule has 0 bridgehead atoms. The third-order valence-corrected chi connectivity index (χ3v) is 2.69. The number of H-pyrrole nitrogens is 1. The van der Waals surface area contributed by atoms with Crippen LogP contribution < -0.4 is 10.9 Å². The molecule has 2 rings (SSSR count). The molecule has 0 fully saturated rings. The maximum absolute atomic E-state index is 12.8. The molecule has 19 heavy (non-hydrogen) atoms. The average molecular weight is 263 g/mol. The molecule has 0 aliphatic carbocycles. The van der Waals surface area contributed by atoms with E-state index in [4.69, 9.17) is 5.11 Å². The van der Waals surface area contributed by atoms with Crippen LogP contribution >= 0.6 is 0 Å². The first-order valence-corrected chi connectivity index (χ1v) is 5.83. The van der Waals surface area contributed by atoms with Crippen LogP contribution in [0.2, 0.25) is 0 Å². The van der Waals surface area contributed by atoms with Crippen LogP contribution in [0.15, 0.2) is 29.1 Å². The van der Waals surface area contributed by atoms with Crippen molar-refractivity contribution in [3.05, 3.63) is 51.7 Å². The highest BCUT2D eigenvalue weighted by Crippen LogP contribution is 2.13. The molecule has 0 saturated heterocycles. The Kier molecular flexibility index (Phi) is 3.91. The summed E-state index contributed by atoms with van der Waals surface area (Å²) in [6.45, 7) is 1.60. The van der Waals surface area contributed by atoms with E-state index in [1.165, 1.54) is 12.1 Å². The van der Waals surface area contributed by atoms with Crippen molar-refractivity contribution in [1.82, 2.24) is 9.97 Å². The van der Waals surface area contributed by atoms with E-state index >= 15 is 0 Å². The molecule has 0 amide bonds. The molecule has 1 aromatic carbocycles. The summed E-state index contributed by atoms with van der Waals surface area (Å²) < 4.78 is 12.8. The summed E-state index contributed by atoms with van der Waals surface area (Å²) in [4.78, 5) is 18.6. The van der Waals surface area contributed by atoms with Gasteiger partial charge in [0.05, 0.1) is 5.69 Å². The highest BCUT2D eigenvalue weighted by atomic mass is 19.1. The zero-order chi connectivity index (χ0) is 13.8. The maximum Gasteiger partial charge on any atom is 0.255 e. The van der Waals surface area contributed by atoms with Crippen LogP contribution in [-0.4, -0.2) is 21.7 Å². The summed E-state index contributed by atoms with van der Waals surface area (Å²) in [7, 11) is 0. The fourth-order valence-electron chi connectivity index (χ4n) is 1.75. The number of aliphatic hydroxyl groups is 1. The Labute approximate surface area is 109 Å². The number of hydrogen-bond donors (Lipinski definition) is 3. The third kappa shape index (κ3) is 3.17. The van der Waals surface area contributed by atoms with Crippen LogP contribution in [0.5, 0.6) is 0 Å². The highest BCUT2D eigenvalue weighted by Gasteiger charge is 2.07. The Hall–Kier alpha value is -2.21.